The number of aliphatic carboxylic acids is 1. The molecule has 27 nitrogen and oxygen atoms in total. The Morgan fingerprint density at radius 3 is 1.79 bits per heavy atom. The molecule has 11 fully saturated rings. The van der Waals surface area contributed by atoms with Gasteiger partial charge in [0.1, 0.15) is 104 Å². The summed E-state index contributed by atoms with van der Waals surface area (Å²) in [5.74, 6) is -1.34. The highest BCUT2D eigenvalue weighted by molar-refractivity contribution is 5.73. The average Bonchev–Trinajstić information content (AvgIpc) is 1.28. The number of aliphatic hydroxyl groups is 14. The fourth-order valence-corrected chi connectivity index (χ4v) is 19.1. The number of fused-ring (bicyclic) bond motifs is 4. The molecular formula is C59H96O27. The Labute approximate surface area is 499 Å². The van der Waals surface area contributed by atoms with Crippen LogP contribution in [0.2, 0.25) is 0 Å². The number of rotatable bonds is 13. The normalized spacial score (nSPS) is 56.8. The number of carboxylic acid groups (broad SMARTS) is 1. The summed E-state index contributed by atoms with van der Waals surface area (Å²) in [5.41, 5.74) is -2.22. The van der Waals surface area contributed by atoms with Crippen LogP contribution in [0.3, 0.4) is 0 Å². The summed E-state index contributed by atoms with van der Waals surface area (Å²) in [5, 5.41) is 166. The Morgan fingerprint density at radius 2 is 1.10 bits per heavy atom. The first-order valence-electron chi connectivity index (χ1n) is 31.0. The molecule has 15 N–H and O–H groups in total. The lowest BCUT2D eigenvalue weighted by molar-refractivity contribution is -0.409. The molecular weight excluding hydrogens is 1140 g/mol. The van der Waals surface area contributed by atoms with Gasteiger partial charge in [0.05, 0.1) is 50.3 Å². The SMILES string of the molecule is C[C@@H]1O[C@@H](O[C@H]2[C@H](O[C@H]3[C@H](O)[C@@H](C(=O)O)O[C@@H](O[C@H]4CC[C@@]5(C)C(CC[C@]6(C)C5CC[C@]57OC[C@@]8(CCC(C)(C)CC85)[C@H](O)C[C@]76C)C4(C)C)[C@@H]3O[C@@H]3O[C@H](CO)[C@@H](O[C@@H]4OC[C@@H](O)[C@H](O)[C@H]4O)[C@H](O)[C@H]3O)O[C@H](CO)[C@H](O)[C@@H]2O)[C@H](O)[C@H](O)[C@H]1O. The van der Waals surface area contributed by atoms with Gasteiger partial charge in [0.25, 0.3) is 0 Å². The van der Waals surface area contributed by atoms with E-state index in [1.54, 1.807) is 0 Å². The van der Waals surface area contributed by atoms with Gasteiger partial charge in [0.15, 0.2) is 37.6 Å². The van der Waals surface area contributed by atoms with Crippen molar-refractivity contribution >= 4 is 5.97 Å². The minimum atomic E-state index is -2.30. The van der Waals surface area contributed by atoms with E-state index in [1.165, 1.54) is 6.92 Å². The molecule has 27 heteroatoms. The summed E-state index contributed by atoms with van der Waals surface area (Å²) in [6.07, 6.45) is -38.4. The number of ether oxygens (including phenoxy) is 11. The summed E-state index contributed by atoms with van der Waals surface area (Å²) >= 11 is 0. The first kappa shape index (κ1) is 65.9. The van der Waals surface area contributed by atoms with Gasteiger partial charge in [-0.25, -0.2) is 4.79 Å². The van der Waals surface area contributed by atoms with Gasteiger partial charge >= 0.3 is 5.97 Å². The van der Waals surface area contributed by atoms with Gasteiger partial charge in [0.2, 0.25) is 0 Å². The summed E-state index contributed by atoms with van der Waals surface area (Å²) in [7, 11) is 0. The van der Waals surface area contributed by atoms with Gasteiger partial charge in [-0.05, 0) is 111 Å². The van der Waals surface area contributed by atoms with E-state index in [1.807, 2.05) is 0 Å². The number of carbonyl (C=O) groups is 1. The molecule has 3 unspecified atom stereocenters. The first-order chi connectivity index (χ1) is 40.3. The molecule has 11 aliphatic rings. The lowest BCUT2D eigenvalue weighted by atomic mass is 9.30. The lowest BCUT2D eigenvalue weighted by Gasteiger charge is -2.75. The van der Waals surface area contributed by atoms with Crippen LogP contribution in [0.15, 0.2) is 0 Å². The molecule has 6 saturated heterocycles. The Kier molecular flexibility index (Phi) is 18.0. The van der Waals surface area contributed by atoms with Crippen LogP contribution in [0.5, 0.6) is 0 Å². The van der Waals surface area contributed by atoms with Crippen LogP contribution < -0.4 is 0 Å². The van der Waals surface area contributed by atoms with Crippen molar-refractivity contribution in [2.24, 2.45) is 50.2 Å². The van der Waals surface area contributed by atoms with Crippen molar-refractivity contribution in [2.45, 2.75) is 285 Å². The molecule has 0 amide bonds. The van der Waals surface area contributed by atoms with E-state index in [-0.39, 0.29) is 44.8 Å². The van der Waals surface area contributed by atoms with E-state index >= 15 is 0 Å². The van der Waals surface area contributed by atoms with Gasteiger partial charge in [0, 0.05) is 10.8 Å². The molecule has 86 heavy (non-hydrogen) atoms. The zero-order valence-corrected chi connectivity index (χ0v) is 50.2. The van der Waals surface area contributed by atoms with Gasteiger partial charge in [-0.2, -0.15) is 0 Å². The predicted octanol–water partition coefficient (Wildman–Crippen LogP) is -2.77. The van der Waals surface area contributed by atoms with E-state index in [0.717, 1.165) is 44.9 Å². The molecule has 6 heterocycles. The zero-order valence-electron chi connectivity index (χ0n) is 50.2. The number of hydrogen-bond donors (Lipinski definition) is 15. The van der Waals surface area contributed by atoms with Crippen LogP contribution in [0.25, 0.3) is 0 Å². The molecule has 0 aromatic rings. The van der Waals surface area contributed by atoms with Crippen LogP contribution in [0, 0.1) is 50.2 Å². The molecule has 5 saturated carbocycles. The van der Waals surface area contributed by atoms with Crippen molar-refractivity contribution in [1.82, 2.24) is 0 Å². The van der Waals surface area contributed by atoms with Crippen LogP contribution in [0.1, 0.15) is 120 Å². The van der Waals surface area contributed by atoms with Gasteiger partial charge < -0.3 is 129 Å². The van der Waals surface area contributed by atoms with Gasteiger partial charge in [-0.15, -0.1) is 0 Å². The monoisotopic (exact) mass is 1240 g/mol. The van der Waals surface area contributed by atoms with Crippen molar-refractivity contribution < 1.29 is 133 Å². The Hall–Kier alpha value is -1.53. The smallest absolute Gasteiger partial charge is 0.335 e. The van der Waals surface area contributed by atoms with Crippen LogP contribution in [0.4, 0.5) is 0 Å². The topological polar surface area (TPSA) is 422 Å². The number of hydrogen-bond acceptors (Lipinski definition) is 26. The Morgan fingerprint density at radius 1 is 0.512 bits per heavy atom. The van der Waals surface area contributed by atoms with Crippen molar-refractivity contribution in [3.05, 3.63) is 0 Å². The van der Waals surface area contributed by atoms with Crippen molar-refractivity contribution in [3.63, 3.8) is 0 Å². The van der Waals surface area contributed by atoms with Crippen LogP contribution >= 0.6 is 0 Å². The molecule has 0 aromatic carbocycles. The minimum Gasteiger partial charge on any atom is -0.479 e. The summed E-state index contributed by atoms with van der Waals surface area (Å²) in [6, 6.07) is 0. The minimum absolute atomic E-state index is 0.0282. The Balaban J connectivity index is 0.915. The quantitative estimate of drug-likeness (QED) is 0.0830. The Bertz CT molecular complexity index is 2410. The maximum atomic E-state index is 13.3. The van der Waals surface area contributed by atoms with Gasteiger partial charge in [-0.1, -0.05) is 48.5 Å². The average molecular weight is 1240 g/mol. The van der Waals surface area contributed by atoms with Crippen LogP contribution in [-0.2, 0) is 56.9 Å². The zero-order chi connectivity index (χ0) is 62.5. The summed E-state index contributed by atoms with van der Waals surface area (Å²) in [4.78, 5) is 13.3. The van der Waals surface area contributed by atoms with E-state index in [4.69, 9.17) is 52.1 Å². The van der Waals surface area contributed by atoms with E-state index in [0.29, 0.717) is 25.9 Å². The number of carboxylic acids is 1. The highest BCUT2D eigenvalue weighted by Crippen LogP contribution is 2.80. The van der Waals surface area contributed by atoms with E-state index < -0.39 is 196 Å². The predicted molar refractivity (Wildman–Crippen MR) is 288 cm³/mol. The second-order valence-electron chi connectivity index (χ2n) is 29.5. The molecule has 34 atom stereocenters. The first-order valence-corrected chi connectivity index (χ1v) is 31.0. The van der Waals surface area contributed by atoms with Crippen molar-refractivity contribution in [2.75, 3.05) is 26.4 Å². The molecule has 1 spiro atoms. The van der Waals surface area contributed by atoms with E-state index in [2.05, 4.69) is 48.5 Å². The molecule has 0 aromatic heterocycles. The van der Waals surface area contributed by atoms with E-state index in [9.17, 15) is 81.4 Å². The maximum Gasteiger partial charge on any atom is 0.335 e. The second-order valence-corrected chi connectivity index (χ2v) is 29.5. The third-order valence-electron chi connectivity index (χ3n) is 24.3. The second kappa shape index (κ2) is 23.5. The summed E-state index contributed by atoms with van der Waals surface area (Å²) < 4.78 is 68.3. The largest absolute Gasteiger partial charge is 0.479 e. The molecule has 0 radical (unpaired) electrons. The highest BCUT2D eigenvalue weighted by atomic mass is 16.8. The molecule has 5 aliphatic carbocycles. The van der Waals surface area contributed by atoms with Crippen molar-refractivity contribution in [1.29, 1.82) is 0 Å². The third kappa shape index (κ3) is 10.2. The third-order valence-corrected chi connectivity index (χ3v) is 24.3. The van der Waals surface area contributed by atoms with Crippen LogP contribution in [-0.4, -0.2) is 274 Å². The number of aliphatic hydroxyl groups excluding tert-OH is 14. The highest BCUT2D eigenvalue weighted by Gasteiger charge is 2.80. The molecule has 11 rings (SSSR count). The van der Waals surface area contributed by atoms with Crippen molar-refractivity contribution in [3.8, 4) is 0 Å². The standard InChI is InChI=1S/C59H96O27/c1-23-32(64)35(67)39(71)49(78-23)85-45-36(68)34(66)25(19-60)79-51(45)83-43-41(73)44(47(74)75)84-52(46(43)86-50-40(72)37(69)42(26(20-61)80-50)82-48-38(70)33(65)24(62)21-76-48)81-31-11-12-55(6)27(54(31,4)5)9-13-56(7)28(55)10-14-59-29-17-53(2,3)15-16-58(29,22-77-59)30(63)18-57(56,59)8/h23-46,48-52,60-73H,9-22H2,1-8H3,(H,74,75)/t23-,24+,25+,26+,27?,28?,29?,30+,31-,32-,33-,34-,35+,36-,37+,38+,39+,40+,41-,42+,43-,44-,45+,46+,48-,49-,50-,51-,52+,55-,56+,57-,58+,59-/m0/s1. The van der Waals surface area contributed by atoms with Gasteiger partial charge in [-0.3, -0.25) is 0 Å². The maximum absolute atomic E-state index is 13.3. The molecule has 2 bridgehead atoms. The fraction of sp³-hybridized carbons (Fsp3) is 0.983. The fourth-order valence-electron chi connectivity index (χ4n) is 19.1. The molecule has 494 valence electrons. The summed E-state index contributed by atoms with van der Waals surface area (Å²) in [6.45, 7) is 15.5. The lowest BCUT2D eigenvalue weighted by Crippen LogP contribution is -2.74. The molecule has 6 aliphatic heterocycles.